The third kappa shape index (κ3) is 1.67. The van der Waals surface area contributed by atoms with E-state index in [1.54, 1.807) is 6.92 Å². The largest absolute Gasteiger partial charge is 0.480 e. The summed E-state index contributed by atoms with van der Waals surface area (Å²) in [6, 6.07) is 0.843. The number of halogens is 2. The van der Waals surface area contributed by atoms with Gasteiger partial charge in [0.15, 0.2) is 0 Å². The van der Waals surface area contributed by atoms with Crippen LogP contribution < -0.4 is 5.32 Å². The van der Waals surface area contributed by atoms with Gasteiger partial charge in [-0.25, -0.2) is 8.78 Å². The molecule has 0 radical (unpaired) electrons. The first kappa shape index (κ1) is 11.0. The molecule has 2 rings (SSSR count). The summed E-state index contributed by atoms with van der Waals surface area (Å²) in [5, 5.41) is 11.7. The van der Waals surface area contributed by atoms with Gasteiger partial charge >= 0.3 is 5.97 Å². The lowest BCUT2D eigenvalue weighted by atomic mass is 9.87. The van der Waals surface area contributed by atoms with Crippen molar-refractivity contribution in [2.24, 2.45) is 0 Å². The Balaban J connectivity index is 2.60. The quantitative estimate of drug-likeness (QED) is 0.769. The number of carboxylic acid groups (broad SMARTS) is 1. The summed E-state index contributed by atoms with van der Waals surface area (Å²) in [5.74, 6) is -2.71. The number of hydrogen-bond acceptors (Lipinski definition) is 2. The van der Waals surface area contributed by atoms with Crippen molar-refractivity contribution in [2.45, 2.75) is 18.9 Å². The molecule has 1 aromatic carbocycles. The number of aliphatic carboxylic acids is 1. The second-order valence-corrected chi connectivity index (χ2v) is 3.97. The molecule has 16 heavy (non-hydrogen) atoms. The monoisotopic (exact) mass is 227 g/mol. The molecule has 86 valence electrons. The van der Waals surface area contributed by atoms with E-state index in [4.69, 9.17) is 5.11 Å². The zero-order valence-corrected chi connectivity index (χ0v) is 8.63. The minimum atomic E-state index is -1.13. The molecule has 1 aliphatic heterocycles. The highest BCUT2D eigenvalue weighted by Crippen LogP contribution is 2.32. The summed E-state index contributed by atoms with van der Waals surface area (Å²) in [5.41, 5.74) is 0.483. The summed E-state index contributed by atoms with van der Waals surface area (Å²) in [6.07, 6.45) is 0. The average Bonchev–Trinajstić information content (AvgIpc) is 2.15. The van der Waals surface area contributed by atoms with Crippen LogP contribution in [-0.4, -0.2) is 17.6 Å². The normalized spacial score (nSPS) is 23.9. The first-order valence-corrected chi connectivity index (χ1v) is 4.95. The molecule has 0 saturated carbocycles. The van der Waals surface area contributed by atoms with Gasteiger partial charge in [-0.1, -0.05) is 6.92 Å². The van der Waals surface area contributed by atoms with Crippen molar-refractivity contribution in [3.8, 4) is 0 Å². The first-order valence-electron chi connectivity index (χ1n) is 4.95. The molecule has 0 amide bonds. The molecule has 1 aromatic rings. The lowest BCUT2D eigenvalue weighted by Crippen LogP contribution is -2.37. The topological polar surface area (TPSA) is 49.3 Å². The van der Waals surface area contributed by atoms with E-state index in [0.29, 0.717) is 12.1 Å². The van der Waals surface area contributed by atoms with Gasteiger partial charge in [-0.3, -0.25) is 4.79 Å². The molecule has 3 nitrogen and oxygen atoms in total. The lowest BCUT2D eigenvalue weighted by molar-refractivity contribution is -0.139. The van der Waals surface area contributed by atoms with Crippen LogP contribution in [0.25, 0.3) is 0 Å². The predicted octanol–water partition coefficient (Wildman–Crippen LogP) is 1.80. The number of benzene rings is 1. The number of carboxylic acids is 1. The number of rotatable bonds is 1. The van der Waals surface area contributed by atoms with E-state index in [2.05, 4.69) is 5.32 Å². The minimum absolute atomic E-state index is 0.161. The fourth-order valence-electron chi connectivity index (χ4n) is 2.09. The highest BCUT2D eigenvalue weighted by atomic mass is 19.1. The summed E-state index contributed by atoms with van der Waals surface area (Å²) in [7, 11) is 0. The number of hydrogen-bond donors (Lipinski definition) is 2. The zero-order chi connectivity index (χ0) is 11.9. The van der Waals surface area contributed by atoms with Gasteiger partial charge < -0.3 is 10.4 Å². The number of fused-ring (bicyclic) bond motifs is 1. The van der Waals surface area contributed by atoms with Gasteiger partial charge in [-0.15, -0.1) is 0 Å². The lowest BCUT2D eigenvalue weighted by Gasteiger charge is -2.28. The molecule has 1 aliphatic rings. The van der Waals surface area contributed by atoms with Gasteiger partial charge in [-0.2, -0.15) is 0 Å². The van der Waals surface area contributed by atoms with Crippen molar-refractivity contribution in [3.63, 3.8) is 0 Å². The summed E-state index contributed by atoms with van der Waals surface area (Å²) >= 11 is 0. The van der Waals surface area contributed by atoms with Crippen LogP contribution in [0.5, 0.6) is 0 Å². The molecule has 2 unspecified atom stereocenters. The Labute approximate surface area is 91.1 Å². The van der Waals surface area contributed by atoms with E-state index in [1.807, 2.05) is 0 Å². The Kier molecular flexibility index (Phi) is 2.63. The van der Waals surface area contributed by atoms with Crippen LogP contribution in [0.15, 0.2) is 12.1 Å². The summed E-state index contributed by atoms with van der Waals surface area (Å²) < 4.78 is 26.6. The molecule has 1 heterocycles. The fourth-order valence-corrected chi connectivity index (χ4v) is 2.09. The van der Waals surface area contributed by atoms with E-state index < -0.39 is 23.6 Å². The maximum atomic E-state index is 13.6. The van der Waals surface area contributed by atoms with Crippen molar-refractivity contribution in [1.82, 2.24) is 5.32 Å². The van der Waals surface area contributed by atoms with E-state index >= 15 is 0 Å². The standard InChI is InChI=1S/C11H11F2NO2/c1-5-4-14-10(11(15)16)7-2-6(12)3-8(13)9(5)7/h2-3,5,10,14H,4H2,1H3,(H,15,16). The molecule has 0 spiro atoms. The number of nitrogens with one attached hydrogen (secondary N) is 1. The molecule has 0 saturated heterocycles. The third-order valence-corrected chi connectivity index (χ3v) is 2.81. The fraction of sp³-hybridized carbons (Fsp3) is 0.364. The van der Waals surface area contributed by atoms with Gasteiger partial charge in [-0.05, 0) is 23.1 Å². The van der Waals surface area contributed by atoms with Crippen LogP contribution in [0.3, 0.4) is 0 Å². The van der Waals surface area contributed by atoms with Gasteiger partial charge in [0.05, 0.1) is 0 Å². The first-order chi connectivity index (χ1) is 7.50. The maximum Gasteiger partial charge on any atom is 0.325 e. The van der Waals surface area contributed by atoms with E-state index in [0.717, 1.165) is 12.1 Å². The highest BCUT2D eigenvalue weighted by Gasteiger charge is 2.31. The Morgan fingerprint density at radius 3 is 2.81 bits per heavy atom. The zero-order valence-electron chi connectivity index (χ0n) is 8.63. The smallest absolute Gasteiger partial charge is 0.325 e. The van der Waals surface area contributed by atoms with Crippen molar-refractivity contribution < 1.29 is 18.7 Å². The Morgan fingerprint density at radius 1 is 1.50 bits per heavy atom. The molecular formula is C11H11F2NO2. The van der Waals surface area contributed by atoms with Crippen LogP contribution >= 0.6 is 0 Å². The molecule has 0 fully saturated rings. The van der Waals surface area contributed by atoms with Crippen molar-refractivity contribution in [3.05, 3.63) is 34.9 Å². The predicted molar refractivity (Wildman–Crippen MR) is 53.2 cm³/mol. The van der Waals surface area contributed by atoms with Gasteiger partial charge in [0.2, 0.25) is 0 Å². The van der Waals surface area contributed by atoms with Gasteiger partial charge in [0, 0.05) is 12.6 Å². The SMILES string of the molecule is CC1CNC(C(=O)O)c2cc(F)cc(F)c21. The molecule has 0 bridgehead atoms. The van der Waals surface area contributed by atoms with E-state index in [1.165, 1.54) is 0 Å². The average molecular weight is 227 g/mol. The summed E-state index contributed by atoms with van der Waals surface area (Å²) in [4.78, 5) is 10.9. The Bertz CT molecular complexity index is 448. The van der Waals surface area contributed by atoms with Crippen LogP contribution in [0.2, 0.25) is 0 Å². The minimum Gasteiger partial charge on any atom is -0.480 e. The third-order valence-electron chi connectivity index (χ3n) is 2.81. The summed E-state index contributed by atoms with van der Waals surface area (Å²) in [6.45, 7) is 2.14. The van der Waals surface area contributed by atoms with Crippen LogP contribution in [0.4, 0.5) is 8.78 Å². The number of carbonyl (C=O) groups is 1. The second kappa shape index (κ2) is 3.83. The van der Waals surface area contributed by atoms with Crippen molar-refractivity contribution >= 4 is 5.97 Å². The molecule has 5 heteroatoms. The Morgan fingerprint density at radius 2 is 2.19 bits per heavy atom. The van der Waals surface area contributed by atoms with Gasteiger partial charge in [0.1, 0.15) is 17.7 Å². The van der Waals surface area contributed by atoms with Crippen molar-refractivity contribution in [2.75, 3.05) is 6.54 Å². The highest BCUT2D eigenvalue weighted by molar-refractivity contribution is 5.76. The van der Waals surface area contributed by atoms with E-state index in [-0.39, 0.29) is 11.5 Å². The Hall–Kier alpha value is -1.49. The second-order valence-electron chi connectivity index (χ2n) is 3.97. The van der Waals surface area contributed by atoms with Crippen molar-refractivity contribution in [1.29, 1.82) is 0 Å². The van der Waals surface area contributed by atoms with Crippen LogP contribution in [0.1, 0.15) is 30.0 Å². The molecule has 2 N–H and O–H groups in total. The molecule has 0 aliphatic carbocycles. The van der Waals surface area contributed by atoms with E-state index in [9.17, 15) is 13.6 Å². The molecule has 0 aromatic heterocycles. The van der Waals surface area contributed by atoms with Gasteiger partial charge in [0.25, 0.3) is 0 Å². The molecule has 2 atom stereocenters. The van der Waals surface area contributed by atoms with Crippen LogP contribution in [0, 0.1) is 11.6 Å². The van der Waals surface area contributed by atoms with Crippen LogP contribution in [-0.2, 0) is 4.79 Å². The maximum absolute atomic E-state index is 13.6. The molecular weight excluding hydrogens is 216 g/mol.